The molecule has 3 N–H and O–H groups in total. The number of anilines is 1. The number of hydrogen-bond donors (Lipinski definition) is 3. The van der Waals surface area contributed by atoms with Crippen molar-refractivity contribution >= 4 is 11.7 Å². The van der Waals surface area contributed by atoms with Crippen molar-refractivity contribution in [3.05, 3.63) is 65.2 Å². The summed E-state index contributed by atoms with van der Waals surface area (Å²) >= 11 is 0. The molecule has 126 valence electrons. The fourth-order valence-electron chi connectivity index (χ4n) is 3.11. The first-order valence-electron chi connectivity index (χ1n) is 8.28. The summed E-state index contributed by atoms with van der Waals surface area (Å²) in [7, 11) is 0. The largest absolute Gasteiger partial charge is 0.390 e. The molecule has 0 fully saturated rings. The third kappa shape index (κ3) is 3.44. The van der Waals surface area contributed by atoms with E-state index in [0.29, 0.717) is 6.42 Å². The van der Waals surface area contributed by atoms with Crippen LogP contribution < -0.4 is 10.6 Å². The molecule has 0 aliphatic heterocycles. The summed E-state index contributed by atoms with van der Waals surface area (Å²) in [5.74, 6) is 0. The number of urea groups is 1. The molecule has 3 rings (SSSR count). The van der Waals surface area contributed by atoms with Crippen molar-refractivity contribution in [2.75, 3.05) is 5.32 Å². The topological polar surface area (TPSA) is 61.4 Å². The van der Waals surface area contributed by atoms with Crippen LogP contribution in [0, 0.1) is 0 Å². The van der Waals surface area contributed by atoms with Gasteiger partial charge in [0.05, 0.1) is 12.1 Å². The number of nitrogens with one attached hydrogen (secondary N) is 2. The van der Waals surface area contributed by atoms with E-state index in [9.17, 15) is 9.90 Å². The SMILES string of the molecule is CC(C)(C)c1ccc(NC(=O)N[C@@H]2c3ccccc3C[C@@H]2O)cc1. The minimum Gasteiger partial charge on any atom is -0.390 e. The van der Waals surface area contributed by atoms with E-state index in [-0.39, 0.29) is 17.5 Å². The Balaban J connectivity index is 1.66. The van der Waals surface area contributed by atoms with Gasteiger partial charge in [0.2, 0.25) is 0 Å². The molecule has 0 saturated heterocycles. The second-order valence-electron chi connectivity index (χ2n) is 7.37. The maximum absolute atomic E-state index is 12.3. The van der Waals surface area contributed by atoms with Crippen LogP contribution in [0.15, 0.2) is 48.5 Å². The lowest BCUT2D eigenvalue weighted by molar-refractivity contribution is 0.144. The summed E-state index contributed by atoms with van der Waals surface area (Å²) in [6, 6.07) is 15.0. The minimum absolute atomic E-state index is 0.0818. The summed E-state index contributed by atoms with van der Waals surface area (Å²) < 4.78 is 0. The van der Waals surface area contributed by atoms with Crippen LogP contribution in [0.1, 0.15) is 43.5 Å². The van der Waals surface area contributed by atoms with E-state index in [1.807, 2.05) is 48.5 Å². The van der Waals surface area contributed by atoms with Gasteiger partial charge in [-0.05, 0) is 34.2 Å². The van der Waals surface area contributed by atoms with Crippen LogP contribution in [-0.4, -0.2) is 17.2 Å². The quantitative estimate of drug-likeness (QED) is 0.787. The Hall–Kier alpha value is -2.33. The first kappa shape index (κ1) is 16.5. The monoisotopic (exact) mass is 324 g/mol. The molecule has 1 aliphatic rings. The predicted octanol–water partition coefficient (Wildman–Crippen LogP) is 3.76. The number of rotatable bonds is 2. The molecule has 2 aromatic rings. The van der Waals surface area contributed by atoms with Gasteiger partial charge >= 0.3 is 6.03 Å². The maximum Gasteiger partial charge on any atom is 0.319 e. The molecule has 2 amide bonds. The fraction of sp³-hybridized carbons (Fsp3) is 0.350. The predicted molar refractivity (Wildman–Crippen MR) is 96.2 cm³/mol. The lowest BCUT2D eigenvalue weighted by Gasteiger charge is -2.20. The van der Waals surface area contributed by atoms with E-state index < -0.39 is 6.10 Å². The molecule has 1 aliphatic carbocycles. The van der Waals surface area contributed by atoms with Gasteiger partial charge in [0.1, 0.15) is 0 Å². The van der Waals surface area contributed by atoms with Crippen LogP contribution in [0.3, 0.4) is 0 Å². The van der Waals surface area contributed by atoms with Crippen molar-refractivity contribution in [2.24, 2.45) is 0 Å². The van der Waals surface area contributed by atoms with E-state index in [2.05, 4.69) is 31.4 Å². The molecule has 0 bridgehead atoms. The first-order chi connectivity index (χ1) is 11.3. The Morgan fingerprint density at radius 2 is 1.75 bits per heavy atom. The zero-order valence-corrected chi connectivity index (χ0v) is 14.3. The minimum atomic E-state index is -0.587. The van der Waals surface area contributed by atoms with Crippen molar-refractivity contribution in [3.63, 3.8) is 0 Å². The van der Waals surface area contributed by atoms with Gasteiger partial charge < -0.3 is 15.7 Å². The lowest BCUT2D eigenvalue weighted by atomic mass is 9.87. The maximum atomic E-state index is 12.3. The van der Waals surface area contributed by atoms with Crippen molar-refractivity contribution in [3.8, 4) is 0 Å². The van der Waals surface area contributed by atoms with Gasteiger partial charge in [-0.25, -0.2) is 4.79 Å². The standard InChI is InChI=1S/C20H24N2O2/c1-20(2,3)14-8-10-15(11-9-14)21-19(24)22-18-16-7-5-4-6-13(16)12-17(18)23/h4-11,17-18,23H,12H2,1-3H3,(H2,21,22,24)/t17-,18+/m0/s1. The first-order valence-corrected chi connectivity index (χ1v) is 8.28. The van der Waals surface area contributed by atoms with Crippen molar-refractivity contribution in [1.82, 2.24) is 5.32 Å². The number of fused-ring (bicyclic) bond motifs is 1. The number of amides is 2. The van der Waals surface area contributed by atoms with Crippen LogP contribution in [0.25, 0.3) is 0 Å². The number of aliphatic hydroxyl groups is 1. The average molecular weight is 324 g/mol. The number of benzene rings is 2. The Bertz CT molecular complexity index is 732. The van der Waals surface area contributed by atoms with Crippen LogP contribution in [0.4, 0.5) is 10.5 Å². The molecular formula is C20H24N2O2. The van der Waals surface area contributed by atoms with Gasteiger partial charge in [0.25, 0.3) is 0 Å². The highest BCUT2D eigenvalue weighted by Crippen LogP contribution is 2.31. The molecule has 0 saturated carbocycles. The molecule has 0 unspecified atom stereocenters. The second-order valence-corrected chi connectivity index (χ2v) is 7.37. The molecule has 2 atom stereocenters. The van der Waals surface area contributed by atoms with Crippen LogP contribution in [-0.2, 0) is 11.8 Å². The Labute approximate surface area is 142 Å². The number of aliphatic hydroxyl groups excluding tert-OH is 1. The fourth-order valence-corrected chi connectivity index (χ4v) is 3.11. The molecule has 24 heavy (non-hydrogen) atoms. The van der Waals surface area contributed by atoms with Crippen LogP contribution >= 0.6 is 0 Å². The Kier molecular flexibility index (Phi) is 4.33. The van der Waals surface area contributed by atoms with E-state index in [1.165, 1.54) is 5.56 Å². The average Bonchev–Trinajstić information content (AvgIpc) is 2.83. The van der Waals surface area contributed by atoms with E-state index in [4.69, 9.17) is 0 Å². The Morgan fingerprint density at radius 3 is 2.42 bits per heavy atom. The molecule has 4 heteroatoms. The van der Waals surface area contributed by atoms with Gasteiger partial charge in [-0.15, -0.1) is 0 Å². The molecule has 4 nitrogen and oxygen atoms in total. The van der Waals surface area contributed by atoms with Gasteiger partial charge in [-0.1, -0.05) is 57.2 Å². The molecule has 0 radical (unpaired) electrons. The van der Waals surface area contributed by atoms with E-state index in [0.717, 1.165) is 16.8 Å². The van der Waals surface area contributed by atoms with E-state index >= 15 is 0 Å². The van der Waals surface area contributed by atoms with Crippen LogP contribution in [0.5, 0.6) is 0 Å². The lowest BCUT2D eigenvalue weighted by Crippen LogP contribution is -2.36. The molecule has 0 aromatic heterocycles. The molecule has 0 spiro atoms. The summed E-state index contributed by atoms with van der Waals surface area (Å²) in [6.07, 6.45) is -0.0158. The molecule has 2 aromatic carbocycles. The molecular weight excluding hydrogens is 300 g/mol. The molecule has 0 heterocycles. The van der Waals surface area contributed by atoms with Gasteiger partial charge in [-0.2, -0.15) is 0 Å². The van der Waals surface area contributed by atoms with Crippen molar-refractivity contribution in [1.29, 1.82) is 0 Å². The summed E-state index contributed by atoms with van der Waals surface area (Å²) in [5.41, 5.74) is 4.11. The zero-order chi connectivity index (χ0) is 17.3. The Morgan fingerprint density at radius 1 is 1.08 bits per heavy atom. The normalized spacial score (nSPS) is 19.7. The zero-order valence-electron chi connectivity index (χ0n) is 14.3. The second kappa shape index (κ2) is 6.29. The van der Waals surface area contributed by atoms with E-state index in [1.54, 1.807) is 0 Å². The van der Waals surface area contributed by atoms with Gasteiger partial charge in [0.15, 0.2) is 0 Å². The number of carbonyl (C=O) groups excluding carboxylic acids is 1. The summed E-state index contributed by atoms with van der Waals surface area (Å²) in [4.78, 5) is 12.3. The van der Waals surface area contributed by atoms with Crippen LogP contribution in [0.2, 0.25) is 0 Å². The third-order valence-electron chi connectivity index (χ3n) is 4.50. The summed E-state index contributed by atoms with van der Waals surface area (Å²) in [5, 5.41) is 15.9. The van der Waals surface area contributed by atoms with Crippen molar-refractivity contribution in [2.45, 2.75) is 44.8 Å². The highest BCUT2D eigenvalue weighted by molar-refractivity contribution is 5.89. The number of carbonyl (C=O) groups is 1. The smallest absolute Gasteiger partial charge is 0.319 e. The highest BCUT2D eigenvalue weighted by Gasteiger charge is 2.31. The third-order valence-corrected chi connectivity index (χ3v) is 4.50. The van der Waals surface area contributed by atoms with Crippen molar-refractivity contribution < 1.29 is 9.90 Å². The summed E-state index contributed by atoms with van der Waals surface area (Å²) in [6.45, 7) is 6.46. The van der Waals surface area contributed by atoms with Gasteiger partial charge in [-0.3, -0.25) is 0 Å². The number of hydrogen-bond acceptors (Lipinski definition) is 2. The highest BCUT2D eigenvalue weighted by atomic mass is 16.3. The van der Waals surface area contributed by atoms with Gasteiger partial charge in [0, 0.05) is 12.1 Å².